The summed E-state index contributed by atoms with van der Waals surface area (Å²) in [5, 5.41) is 4.20. The van der Waals surface area contributed by atoms with Gasteiger partial charge in [-0.05, 0) is 36.4 Å². The number of hydrogen-bond acceptors (Lipinski definition) is 9. The van der Waals surface area contributed by atoms with Crippen LogP contribution in [0.1, 0.15) is 0 Å². The SMILES string of the molecule is O=CCN1CCN(c2nccnc2Oc2ccc(Nc3nc4ccccc4s3)cc2)CC1. The van der Waals surface area contributed by atoms with E-state index in [1.165, 1.54) is 0 Å². The molecule has 2 aromatic carbocycles. The smallest absolute Gasteiger partial charge is 0.263 e. The lowest BCUT2D eigenvalue weighted by Crippen LogP contribution is -2.47. The summed E-state index contributed by atoms with van der Waals surface area (Å²) in [5.74, 6) is 1.87. The molecule has 9 heteroatoms. The summed E-state index contributed by atoms with van der Waals surface area (Å²) < 4.78 is 7.21. The van der Waals surface area contributed by atoms with E-state index >= 15 is 0 Å². The number of rotatable bonds is 7. The zero-order valence-electron chi connectivity index (χ0n) is 17.3. The Bertz CT molecular complexity index is 1170. The zero-order valence-corrected chi connectivity index (χ0v) is 18.2. The minimum Gasteiger partial charge on any atom is -0.436 e. The first-order valence-electron chi connectivity index (χ1n) is 10.4. The maximum atomic E-state index is 10.7. The summed E-state index contributed by atoms with van der Waals surface area (Å²) in [6, 6.07) is 15.8. The Hall–Kier alpha value is -3.56. The predicted octanol–water partition coefficient (Wildman–Crippen LogP) is 3.94. The maximum Gasteiger partial charge on any atom is 0.263 e. The molecule has 162 valence electrons. The van der Waals surface area contributed by atoms with Crippen molar-refractivity contribution in [2.75, 3.05) is 42.9 Å². The van der Waals surface area contributed by atoms with Crippen LogP contribution in [0.5, 0.6) is 11.6 Å². The van der Waals surface area contributed by atoms with E-state index in [0.29, 0.717) is 18.2 Å². The van der Waals surface area contributed by atoms with Gasteiger partial charge in [0.1, 0.15) is 12.0 Å². The van der Waals surface area contributed by atoms with E-state index in [9.17, 15) is 4.79 Å². The highest BCUT2D eigenvalue weighted by molar-refractivity contribution is 7.22. The molecule has 0 aliphatic carbocycles. The number of benzene rings is 2. The van der Waals surface area contributed by atoms with Crippen molar-refractivity contribution >= 4 is 44.5 Å². The number of piperazine rings is 1. The Morgan fingerprint density at radius 3 is 2.56 bits per heavy atom. The van der Waals surface area contributed by atoms with E-state index in [4.69, 9.17) is 4.74 Å². The highest BCUT2D eigenvalue weighted by Crippen LogP contribution is 2.31. The van der Waals surface area contributed by atoms with Crippen LogP contribution in [0.25, 0.3) is 10.2 Å². The van der Waals surface area contributed by atoms with Gasteiger partial charge in [0.25, 0.3) is 5.88 Å². The number of aromatic nitrogens is 3. The highest BCUT2D eigenvalue weighted by atomic mass is 32.1. The van der Waals surface area contributed by atoms with Gasteiger partial charge < -0.3 is 19.7 Å². The number of ether oxygens (including phenoxy) is 1. The molecule has 1 N–H and O–H groups in total. The van der Waals surface area contributed by atoms with E-state index < -0.39 is 0 Å². The van der Waals surface area contributed by atoms with Gasteiger partial charge in [-0.3, -0.25) is 4.90 Å². The molecule has 1 saturated heterocycles. The molecule has 0 amide bonds. The number of nitrogens with zero attached hydrogens (tertiary/aromatic N) is 5. The van der Waals surface area contributed by atoms with Crippen molar-refractivity contribution in [3.8, 4) is 11.6 Å². The Balaban J connectivity index is 1.26. The largest absolute Gasteiger partial charge is 0.436 e. The third-order valence-corrected chi connectivity index (χ3v) is 6.22. The van der Waals surface area contributed by atoms with Gasteiger partial charge in [-0.2, -0.15) is 0 Å². The van der Waals surface area contributed by atoms with E-state index in [2.05, 4.69) is 36.1 Å². The van der Waals surface area contributed by atoms with E-state index in [0.717, 1.165) is 59.3 Å². The van der Waals surface area contributed by atoms with E-state index in [-0.39, 0.29) is 0 Å². The van der Waals surface area contributed by atoms with Crippen LogP contribution in [0.15, 0.2) is 60.9 Å². The lowest BCUT2D eigenvalue weighted by molar-refractivity contribution is -0.108. The summed E-state index contributed by atoms with van der Waals surface area (Å²) in [5.41, 5.74) is 1.92. The number of anilines is 3. The number of carbonyl (C=O) groups excluding carboxylic acids is 1. The fourth-order valence-corrected chi connectivity index (χ4v) is 4.51. The van der Waals surface area contributed by atoms with Gasteiger partial charge in [-0.25, -0.2) is 15.0 Å². The summed E-state index contributed by atoms with van der Waals surface area (Å²) in [6.45, 7) is 3.62. The molecule has 0 unspecified atom stereocenters. The minimum absolute atomic E-state index is 0.467. The van der Waals surface area contributed by atoms with Gasteiger partial charge in [-0.15, -0.1) is 0 Å². The third kappa shape index (κ3) is 4.53. The lowest BCUT2D eigenvalue weighted by Gasteiger charge is -2.34. The van der Waals surface area contributed by atoms with Crippen LogP contribution in [0, 0.1) is 0 Å². The van der Waals surface area contributed by atoms with Crippen molar-refractivity contribution in [3.05, 3.63) is 60.9 Å². The van der Waals surface area contributed by atoms with Gasteiger partial charge in [0.2, 0.25) is 0 Å². The highest BCUT2D eigenvalue weighted by Gasteiger charge is 2.21. The Morgan fingerprint density at radius 1 is 1.00 bits per heavy atom. The number of nitrogens with one attached hydrogen (secondary N) is 1. The van der Waals surface area contributed by atoms with Gasteiger partial charge in [-0.1, -0.05) is 23.5 Å². The molecule has 1 aliphatic heterocycles. The molecule has 0 saturated carbocycles. The first-order valence-corrected chi connectivity index (χ1v) is 11.2. The summed E-state index contributed by atoms with van der Waals surface area (Å²) in [6.07, 6.45) is 4.25. The number of carbonyl (C=O) groups is 1. The van der Waals surface area contributed by atoms with Crippen molar-refractivity contribution in [3.63, 3.8) is 0 Å². The number of thiazole rings is 1. The average molecular weight is 447 g/mol. The normalized spacial score (nSPS) is 14.4. The molecule has 1 aliphatic rings. The van der Waals surface area contributed by atoms with Gasteiger partial charge in [0.15, 0.2) is 10.9 Å². The fourth-order valence-electron chi connectivity index (χ4n) is 3.62. The van der Waals surface area contributed by atoms with Crippen LogP contribution >= 0.6 is 11.3 Å². The van der Waals surface area contributed by atoms with E-state index in [1.807, 2.05) is 42.5 Å². The fraction of sp³-hybridized carbons (Fsp3) is 0.217. The molecule has 4 aromatic rings. The molecular formula is C23H22N6O2S. The van der Waals surface area contributed by atoms with Crippen molar-refractivity contribution in [1.82, 2.24) is 19.9 Å². The molecule has 0 spiro atoms. The standard InChI is InChI=1S/C23H22N6O2S/c30-16-15-28-11-13-29(14-12-28)21-22(25-10-9-24-21)31-18-7-5-17(6-8-18)26-23-27-19-3-1-2-4-20(19)32-23/h1-10,16H,11-15H2,(H,26,27). The predicted molar refractivity (Wildman–Crippen MR) is 126 cm³/mol. The quantitative estimate of drug-likeness (QED) is 0.428. The average Bonchev–Trinajstić information content (AvgIpc) is 3.24. The van der Waals surface area contributed by atoms with Crippen LogP contribution in [-0.2, 0) is 4.79 Å². The number of aldehydes is 1. The van der Waals surface area contributed by atoms with Crippen LogP contribution in [-0.4, -0.2) is 58.9 Å². The lowest BCUT2D eigenvalue weighted by atomic mass is 10.3. The van der Waals surface area contributed by atoms with Gasteiger partial charge in [0, 0.05) is 44.3 Å². The van der Waals surface area contributed by atoms with Crippen LogP contribution in [0.4, 0.5) is 16.6 Å². The molecular weight excluding hydrogens is 424 g/mol. The van der Waals surface area contributed by atoms with Crippen molar-refractivity contribution in [2.45, 2.75) is 0 Å². The summed E-state index contributed by atoms with van der Waals surface area (Å²) >= 11 is 1.62. The molecule has 0 bridgehead atoms. The Morgan fingerprint density at radius 2 is 1.78 bits per heavy atom. The first kappa shape index (κ1) is 20.3. The minimum atomic E-state index is 0.467. The second-order valence-electron chi connectivity index (χ2n) is 7.38. The Kier molecular flexibility index (Phi) is 5.91. The van der Waals surface area contributed by atoms with Crippen molar-refractivity contribution in [2.24, 2.45) is 0 Å². The molecule has 1 fully saturated rings. The van der Waals surface area contributed by atoms with Gasteiger partial charge >= 0.3 is 0 Å². The monoisotopic (exact) mass is 446 g/mol. The molecule has 32 heavy (non-hydrogen) atoms. The summed E-state index contributed by atoms with van der Waals surface area (Å²) in [4.78, 5) is 28.5. The zero-order chi connectivity index (χ0) is 21.8. The first-order chi connectivity index (χ1) is 15.8. The van der Waals surface area contributed by atoms with Crippen molar-refractivity contribution in [1.29, 1.82) is 0 Å². The molecule has 8 nitrogen and oxygen atoms in total. The maximum absolute atomic E-state index is 10.7. The Labute approximate surface area is 189 Å². The van der Waals surface area contributed by atoms with Crippen LogP contribution in [0.2, 0.25) is 0 Å². The number of para-hydroxylation sites is 1. The summed E-state index contributed by atoms with van der Waals surface area (Å²) in [7, 11) is 0. The van der Waals surface area contributed by atoms with E-state index in [1.54, 1.807) is 23.7 Å². The van der Waals surface area contributed by atoms with Crippen LogP contribution in [0.3, 0.4) is 0 Å². The topological polar surface area (TPSA) is 83.5 Å². The molecule has 0 radical (unpaired) electrons. The third-order valence-electron chi connectivity index (χ3n) is 5.27. The van der Waals surface area contributed by atoms with Crippen LogP contribution < -0.4 is 15.0 Å². The molecule has 5 rings (SSSR count). The molecule has 3 heterocycles. The molecule has 0 atom stereocenters. The number of fused-ring (bicyclic) bond motifs is 1. The van der Waals surface area contributed by atoms with Gasteiger partial charge in [0.05, 0.1) is 16.8 Å². The molecule has 2 aromatic heterocycles. The second-order valence-corrected chi connectivity index (χ2v) is 8.41. The second kappa shape index (κ2) is 9.29. The van der Waals surface area contributed by atoms with Crippen molar-refractivity contribution < 1.29 is 9.53 Å². The number of hydrogen-bond donors (Lipinski definition) is 1.